The molecule has 0 spiro atoms. The van der Waals surface area contributed by atoms with Gasteiger partial charge in [-0.05, 0) is 29.8 Å². The predicted octanol–water partition coefficient (Wildman–Crippen LogP) is 3.48. The number of carbonyl (C=O) groups excluding carboxylic acids is 1. The summed E-state index contributed by atoms with van der Waals surface area (Å²) in [6.45, 7) is 0. The molecule has 2 unspecified atom stereocenters. The lowest BCUT2D eigenvalue weighted by molar-refractivity contribution is -0.149. The van der Waals surface area contributed by atoms with Gasteiger partial charge in [0.15, 0.2) is 5.72 Å². The van der Waals surface area contributed by atoms with Gasteiger partial charge >= 0.3 is 0 Å². The topological polar surface area (TPSA) is 73.6 Å². The Morgan fingerprint density at radius 1 is 1.32 bits per heavy atom. The smallest absolute Gasteiger partial charge is 0.231 e. The summed E-state index contributed by atoms with van der Waals surface area (Å²) in [5.41, 5.74) is -0.103. The molecule has 0 aromatic heterocycles. The van der Waals surface area contributed by atoms with Gasteiger partial charge < -0.3 is 9.84 Å². The maximum absolute atomic E-state index is 13.7. The highest BCUT2D eigenvalue weighted by molar-refractivity contribution is 8.03. The monoisotopic (exact) mass is 396 g/mol. The molecular weight excluding hydrogens is 379 g/mol. The van der Waals surface area contributed by atoms with Gasteiger partial charge in [-0.2, -0.15) is 5.26 Å². The van der Waals surface area contributed by atoms with Crippen LogP contribution in [0.1, 0.15) is 23.5 Å². The highest BCUT2D eigenvalue weighted by Gasteiger charge is 2.51. The molecule has 1 fully saturated rings. The number of halogens is 1. The van der Waals surface area contributed by atoms with Crippen molar-refractivity contribution in [2.45, 2.75) is 18.1 Å². The number of fused-ring (bicyclic) bond motifs is 1. The minimum Gasteiger partial charge on any atom is -0.497 e. The maximum Gasteiger partial charge on any atom is 0.231 e. The average molecular weight is 396 g/mol. The molecule has 1 amide bonds. The van der Waals surface area contributed by atoms with Crippen molar-refractivity contribution in [3.63, 3.8) is 0 Å². The summed E-state index contributed by atoms with van der Waals surface area (Å²) in [5, 5.41) is 21.6. The van der Waals surface area contributed by atoms with Crippen LogP contribution in [-0.2, 0) is 10.5 Å². The summed E-state index contributed by atoms with van der Waals surface area (Å²) >= 11 is 1.26. The molecule has 2 aliphatic rings. The van der Waals surface area contributed by atoms with E-state index in [0.717, 1.165) is 0 Å². The Kier molecular flexibility index (Phi) is 4.61. The molecule has 28 heavy (non-hydrogen) atoms. The van der Waals surface area contributed by atoms with Crippen LogP contribution >= 0.6 is 11.8 Å². The van der Waals surface area contributed by atoms with Gasteiger partial charge in [-0.15, -0.1) is 11.8 Å². The van der Waals surface area contributed by atoms with Crippen molar-refractivity contribution in [3.05, 3.63) is 76.1 Å². The number of ether oxygens (including phenoxy) is 1. The summed E-state index contributed by atoms with van der Waals surface area (Å²) in [6.07, 6.45) is -0.0112. The number of allylic oxidation sites excluding steroid dienone is 1. The lowest BCUT2D eigenvalue weighted by Crippen LogP contribution is -2.48. The van der Waals surface area contributed by atoms with E-state index in [4.69, 9.17) is 4.74 Å². The molecule has 1 N–H and O–H groups in total. The second-order valence-electron chi connectivity index (χ2n) is 6.71. The summed E-state index contributed by atoms with van der Waals surface area (Å²) in [7, 11) is 1.53. The van der Waals surface area contributed by atoms with Crippen LogP contribution in [0.4, 0.5) is 4.39 Å². The molecule has 7 heteroatoms. The van der Waals surface area contributed by atoms with Gasteiger partial charge in [0, 0.05) is 17.9 Å². The van der Waals surface area contributed by atoms with Crippen molar-refractivity contribution in [1.82, 2.24) is 4.90 Å². The van der Waals surface area contributed by atoms with Crippen LogP contribution in [0.5, 0.6) is 5.75 Å². The first-order valence-corrected chi connectivity index (χ1v) is 9.69. The normalized spacial score (nSPS) is 24.1. The van der Waals surface area contributed by atoms with Gasteiger partial charge in [0.05, 0.1) is 29.5 Å². The minimum absolute atomic E-state index is 0.0112. The first-order chi connectivity index (χ1) is 13.5. The van der Waals surface area contributed by atoms with Crippen LogP contribution in [-0.4, -0.2) is 28.8 Å². The van der Waals surface area contributed by atoms with Crippen molar-refractivity contribution in [3.8, 4) is 11.8 Å². The number of hydrogen-bond acceptors (Lipinski definition) is 5. The molecule has 2 heterocycles. The molecule has 4 rings (SSSR count). The SMILES string of the molecule is COc1cccc(C2(O)CSC3=C(C#N)C(c4cccc(F)c4)CC(=O)N32)c1. The molecule has 142 valence electrons. The van der Waals surface area contributed by atoms with Gasteiger partial charge in [0.2, 0.25) is 5.91 Å². The van der Waals surface area contributed by atoms with E-state index in [1.54, 1.807) is 36.4 Å². The molecule has 0 saturated carbocycles. The molecule has 2 aliphatic heterocycles. The van der Waals surface area contributed by atoms with Gasteiger partial charge in [-0.25, -0.2) is 4.39 Å². The van der Waals surface area contributed by atoms with E-state index in [2.05, 4.69) is 6.07 Å². The highest BCUT2D eigenvalue weighted by atomic mass is 32.2. The number of nitrogens with zero attached hydrogens (tertiary/aromatic N) is 2. The Hall–Kier alpha value is -2.82. The highest BCUT2D eigenvalue weighted by Crippen LogP contribution is 2.51. The van der Waals surface area contributed by atoms with Crippen LogP contribution in [0.15, 0.2) is 59.1 Å². The predicted molar refractivity (Wildman–Crippen MR) is 103 cm³/mol. The zero-order chi connectivity index (χ0) is 19.9. The second kappa shape index (κ2) is 6.97. The molecule has 0 aliphatic carbocycles. The third-order valence-corrected chi connectivity index (χ3v) is 6.32. The number of methoxy groups -OCH3 is 1. The molecule has 2 aromatic carbocycles. The third-order valence-electron chi connectivity index (χ3n) is 5.09. The van der Waals surface area contributed by atoms with Crippen molar-refractivity contribution >= 4 is 17.7 Å². The number of hydrogen-bond donors (Lipinski definition) is 1. The second-order valence-corrected chi connectivity index (χ2v) is 7.67. The van der Waals surface area contributed by atoms with Crippen LogP contribution < -0.4 is 4.74 Å². The Labute approximate surface area is 166 Å². The van der Waals surface area contributed by atoms with Crippen LogP contribution in [0.25, 0.3) is 0 Å². The number of aliphatic hydroxyl groups is 1. The summed E-state index contributed by atoms with van der Waals surface area (Å²) < 4.78 is 18.9. The molecule has 0 radical (unpaired) electrons. The van der Waals surface area contributed by atoms with Gasteiger partial charge in [-0.1, -0.05) is 24.3 Å². The first-order valence-electron chi connectivity index (χ1n) is 8.70. The van der Waals surface area contributed by atoms with Crippen LogP contribution in [0.3, 0.4) is 0 Å². The van der Waals surface area contributed by atoms with Gasteiger partial charge in [-0.3, -0.25) is 9.69 Å². The van der Waals surface area contributed by atoms with Crippen molar-refractivity contribution in [1.29, 1.82) is 5.26 Å². The number of rotatable bonds is 3. The number of amides is 1. The lowest BCUT2D eigenvalue weighted by Gasteiger charge is -2.38. The Bertz CT molecular complexity index is 1030. The molecule has 5 nitrogen and oxygen atoms in total. The number of nitriles is 1. The number of thioether (sulfide) groups is 1. The van der Waals surface area contributed by atoms with Gasteiger partial charge in [0.1, 0.15) is 11.6 Å². The van der Waals surface area contributed by atoms with Crippen molar-refractivity contribution in [2.75, 3.05) is 12.9 Å². The fourth-order valence-corrected chi connectivity index (χ4v) is 5.08. The fraction of sp³-hybridized carbons (Fsp3) is 0.238. The number of carbonyl (C=O) groups is 1. The Balaban J connectivity index is 1.81. The average Bonchev–Trinajstić information content (AvgIpc) is 3.07. The molecule has 0 bridgehead atoms. The van der Waals surface area contributed by atoms with E-state index in [-0.39, 0.29) is 18.1 Å². The molecule has 2 atom stereocenters. The van der Waals surface area contributed by atoms with Crippen molar-refractivity contribution < 1.29 is 19.0 Å². The van der Waals surface area contributed by atoms with E-state index in [0.29, 0.717) is 27.5 Å². The minimum atomic E-state index is -1.57. The van der Waals surface area contributed by atoms with E-state index in [9.17, 15) is 19.6 Å². The third kappa shape index (κ3) is 2.86. The Morgan fingerprint density at radius 3 is 2.82 bits per heavy atom. The van der Waals surface area contributed by atoms with E-state index < -0.39 is 17.5 Å². The Morgan fingerprint density at radius 2 is 2.11 bits per heavy atom. The van der Waals surface area contributed by atoms with Crippen LogP contribution in [0, 0.1) is 17.1 Å². The zero-order valence-electron chi connectivity index (χ0n) is 15.1. The first kappa shape index (κ1) is 18.5. The molecule has 2 aromatic rings. The standard InChI is InChI=1S/C21H17FN2O3S/c1-27-16-7-3-5-14(9-16)21(26)12-28-20-18(11-23)17(10-19(25)24(20)21)13-4-2-6-15(22)8-13/h2-9,17,26H,10,12H2,1H3. The molecular formula is C21H17FN2O3S. The largest absolute Gasteiger partial charge is 0.497 e. The van der Waals surface area contributed by atoms with E-state index in [1.165, 1.54) is 35.9 Å². The maximum atomic E-state index is 13.7. The summed E-state index contributed by atoms with van der Waals surface area (Å²) in [6, 6.07) is 15.0. The quantitative estimate of drug-likeness (QED) is 0.860. The zero-order valence-corrected chi connectivity index (χ0v) is 15.9. The summed E-state index contributed by atoms with van der Waals surface area (Å²) in [5.74, 6) is -0.488. The lowest BCUT2D eigenvalue weighted by atomic mass is 9.85. The van der Waals surface area contributed by atoms with Crippen LogP contribution in [0.2, 0.25) is 0 Å². The van der Waals surface area contributed by atoms with E-state index in [1.807, 2.05) is 0 Å². The summed E-state index contributed by atoms with van der Waals surface area (Å²) in [4.78, 5) is 14.3. The van der Waals surface area contributed by atoms with Crippen molar-refractivity contribution in [2.24, 2.45) is 0 Å². The fourth-order valence-electron chi connectivity index (χ4n) is 3.72. The molecule has 1 saturated heterocycles. The van der Waals surface area contributed by atoms with Gasteiger partial charge in [0.25, 0.3) is 0 Å². The van der Waals surface area contributed by atoms with E-state index >= 15 is 0 Å². The number of benzene rings is 2.